The Morgan fingerprint density at radius 2 is 1.79 bits per heavy atom. The van der Waals surface area contributed by atoms with Crippen LogP contribution in [0.25, 0.3) is 22.4 Å². The van der Waals surface area contributed by atoms with Gasteiger partial charge < -0.3 is 30.2 Å². The van der Waals surface area contributed by atoms with E-state index in [-0.39, 0.29) is 23.9 Å². The summed E-state index contributed by atoms with van der Waals surface area (Å²) in [5.41, 5.74) is 5.05. The molecular formula is C37H39N7O3S. The largest absolute Gasteiger partial charge is 0.453 e. The number of methoxy groups -OCH3 is 1. The predicted octanol–water partition coefficient (Wildman–Crippen LogP) is 5.63. The number of amides is 2. The number of imidazole rings is 2. The Kier molecular flexibility index (Phi) is 10.2. The van der Waals surface area contributed by atoms with Gasteiger partial charge in [-0.15, -0.1) is 12.6 Å². The molecule has 6 rings (SSSR count). The number of aromatic nitrogens is 4. The van der Waals surface area contributed by atoms with Gasteiger partial charge >= 0.3 is 6.09 Å². The number of hydrogen-bond donors (Lipinski definition) is 5. The Morgan fingerprint density at radius 1 is 1.00 bits per heavy atom. The normalized spacial score (nSPS) is 17.7. The number of nitrogens with one attached hydrogen (secondary N) is 4. The second kappa shape index (κ2) is 14.8. The number of carbonyl (C=O) groups is 2. The molecule has 2 aliphatic rings. The summed E-state index contributed by atoms with van der Waals surface area (Å²) < 4.78 is 4.76. The fraction of sp³-hybridized carbons (Fsp3) is 0.351. The fourth-order valence-electron chi connectivity index (χ4n) is 6.34. The summed E-state index contributed by atoms with van der Waals surface area (Å²) in [6.07, 6.45) is 6.71. The van der Waals surface area contributed by atoms with Crippen LogP contribution in [0.5, 0.6) is 0 Å². The van der Waals surface area contributed by atoms with Gasteiger partial charge in [-0.3, -0.25) is 4.79 Å². The summed E-state index contributed by atoms with van der Waals surface area (Å²) in [5.74, 6) is 13.6. The monoisotopic (exact) mass is 661 g/mol. The number of benzene rings is 2. The Hall–Kier alpha value is -4.97. The van der Waals surface area contributed by atoms with Crippen LogP contribution < -0.4 is 10.6 Å². The highest BCUT2D eigenvalue weighted by atomic mass is 32.1. The van der Waals surface area contributed by atoms with Crippen LogP contribution in [0.3, 0.4) is 0 Å². The maximum atomic E-state index is 13.6. The molecule has 3 atom stereocenters. The second-order valence-electron chi connectivity index (χ2n) is 12.3. The van der Waals surface area contributed by atoms with Crippen LogP contribution in [-0.4, -0.2) is 63.1 Å². The minimum atomic E-state index is -0.700. The molecule has 0 bridgehead atoms. The standard InChI is InChI=1S/C37H39N7O3S/c1-23(2)32(43-37(46)47-3)36(45)44-20-10-16-30(44)35-40-22-29(42-35)27-18-17-25(31(33(27)48)24-11-5-4-6-12-24)13-7-8-14-26-21-39-34(41-26)28-15-9-19-38-28/h4-6,11-12,17-18,21-23,28,30,32,38,48H,9-10,15-16,19-20H2,1-3H3,(H,39,41)(H,40,42)(H,43,46)/t28-,30-,32-/m0/s1. The van der Waals surface area contributed by atoms with Gasteiger partial charge in [-0.25, -0.2) is 14.8 Å². The third-order valence-corrected chi connectivity index (χ3v) is 9.28. The van der Waals surface area contributed by atoms with Crippen LogP contribution in [0, 0.1) is 29.6 Å². The number of aromatic amines is 2. The maximum absolute atomic E-state index is 13.6. The zero-order valence-corrected chi connectivity index (χ0v) is 28.2. The molecule has 4 N–H and O–H groups in total. The average Bonchev–Trinajstić information content (AvgIpc) is 3.93. The molecule has 0 spiro atoms. The van der Waals surface area contributed by atoms with Gasteiger partial charge in [0, 0.05) is 28.1 Å². The number of likely N-dealkylation sites (tertiary alicyclic amines) is 1. The lowest BCUT2D eigenvalue weighted by Crippen LogP contribution is -2.51. The smallest absolute Gasteiger partial charge is 0.407 e. The Bertz CT molecular complexity index is 1900. The number of H-pyrrole nitrogens is 2. The van der Waals surface area contributed by atoms with Crippen molar-refractivity contribution in [3.63, 3.8) is 0 Å². The second-order valence-corrected chi connectivity index (χ2v) is 12.8. The van der Waals surface area contributed by atoms with Crippen LogP contribution in [-0.2, 0) is 9.53 Å². The first kappa shape index (κ1) is 33.0. The molecule has 246 valence electrons. The number of thiol groups is 1. The molecule has 2 fully saturated rings. The van der Waals surface area contributed by atoms with Crippen LogP contribution in [0.2, 0.25) is 0 Å². The van der Waals surface area contributed by atoms with E-state index in [0.29, 0.717) is 12.4 Å². The van der Waals surface area contributed by atoms with Gasteiger partial charge in [-0.2, -0.15) is 0 Å². The van der Waals surface area contributed by atoms with Gasteiger partial charge in [0.2, 0.25) is 5.91 Å². The number of rotatable bonds is 7. The molecule has 48 heavy (non-hydrogen) atoms. The molecule has 10 nitrogen and oxygen atoms in total. The lowest BCUT2D eigenvalue weighted by Gasteiger charge is -2.30. The minimum absolute atomic E-state index is 0.113. The van der Waals surface area contributed by atoms with E-state index in [1.807, 2.05) is 56.3 Å². The van der Waals surface area contributed by atoms with E-state index in [1.54, 1.807) is 17.3 Å². The van der Waals surface area contributed by atoms with Crippen molar-refractivity contribution in [2.75, 3.05) is 20.2 Å². The molecular weight excluding hydrogens is 623 g/mol. The highest BCUT2D eigenvalue weighted by molar-refractivity contribution is 7.80. The Morgan fingerprint density at radius 3 is 2.54 bits per heavy atom. The first-order valence-electron chi connectivity index (χ1n) is 16.3. The molecule has 11 heteroatoms. The number of alkyl carbamates (subject to hydrolysis) is 1. The number of carbonyl (C=O) groups excluding carboxylic acids is 2. The van der Waals surface area contributed by atoms with Gasteiger partial charge in [-0.05, 0) is 67.5 Å². The molecule has 4 heterocycles. The zero-order valence-electron chi connectivity index (χ0n) is 27.3. The molecule has 2 amide bonds. The Balaban J connectivity index is 1.27. The van der Waals surface area contributed by atoms with Crippen molar-refractivity contribution >= 4 is 24.6 Å². The topological polar surface area (TPSA) is 128 Å². The molecule has 2 aliphatic heterocycles. The maximum Gasteiger partial charge on any atom is 0.407 e. The van der Waals surface area contributed by atoms with E-state index in [0.717, 1.165) is 76.6 Å². The van der Waals surface area contributed by atoms with Crippen molar-refractivity contribution in [1.29, 1.82) is 0 Å². The van der Waals surface area contributed by atoms with Crippen LogP contribution in [0.1, 0.15) is 74.5 Å². The SMILES string of the molecule is COC(=O)N[C@H](C(=O)N1CCC[C@H]1c1ncc(-c2ccc(C#CC#Cc3cnc([C@@H]4CCCN4)[nH]3)c(-c3ccccc3)c2S)[nH]1)C(C)C. The van der Waals surface area contributed by atoms with Gasteiger partial charge in [0.1, 0.15) is 23.4 Å². The van der Waals surface area contributed by atoms with Crippen molar-refractivity contribution in [3.8, 4) is 46.1 Å². The summed E-state index contributed by atoms with van der Waals surface area (Å²) >= 11 is 5.02. The molecule has 0 unspecified atom stereocenters. The van der Waals surface area contributed by atoms with Crippen LogP contribution in [0.4, 0.5) is 4.79 Å². The minimum Gasteiger partial charge on any atom is -0.453 e. The highest BCUT2D eigenvalue weighted by Gasteiger charge is 2.37. The highest BCUT2D eigenvalue weighted by Crippen LogP contribution is 2.38. The molecule has 0 saturated carbocycles. The van der Waals surface area contributed by atoms with Gasteiger partial charge in [0.25, 0.3) is 0 Å². The van der Waals surface area contributed by atoms with E-state index in [2.05, 4.69) is 49.3 Å². The van der Waals surface area contributed by atoms with E-state index in [9.17, 15) is 9.59 Å². The van der Waals surface area contributed by atoms with Crippen LogP contribution >= 0.6 is 12.6 Å². The van der Waals surface area contributed by atoms with E-state index in [4.69, 9.17) is 22.3 Å². The predicted molar refractivity (Wildman–Crippen MR) is 187 cm³/mol. The van der Waals surface area contributed by atoms with Crippen LogP contribution in [0.15, 0.2) is 59.8 Å². The first-order chi connectivity index (χ1) is 23.3. The number of nitrogens with zero attached hydrogens (tertiary/aromatic N) is 3. The molecule has 2 aromatic carbocycles. The molecule has 0 aliphatic carbocycles. The zero-order chi connectivity index (χ0) is 33.6. The quantitative estimate of drug-likeness (QED) is 0.129. The van der Waals surface area contributed by atoms with Crippen molar-refractivity contribution in [3.05, 3.63) is 77.8 Å². The molecule has 0 radical (unpaired) electrons. The average molecular weight is 662 g/mol. The first-order valence-corrected chi connectivity index (χ1v) is 16.7. The summed E-state index contributed by atoms with van der Waals surface area (Å²) in [7, 11) is 1.29. The third kappa shape index (κ3) is 7.13. The summed E-state index contributed by atoms with van der Waals surface area (Å²) in [6.45, 7) is 5.39. The third-order valence-electron chi connectivity index (χ3n) is 8.81. The van der Waals surface area contributed by atoms with Gasteiger partial charge in [-0.1, -0.05) is 56.2 Å². The van der Waals surface area contributed by atoms with E-state index < -0.39 is 12.1 Å². The summed E-state index contributed by atoms with van der Waals surface area (Å²) in [6, 6.07) is 13.3. The molecule has 2 saturated heterocycles. The van der Waals surface area contributed by atoms with Gasteiger partial charge in [0.05, 0.1) is 37.3 Å². The lowest BCUT2D eigenvalue weighted by molar-refractivity contribution is -0.135. The number of hydrogen-bond acceptors (Lipinski definition) is 7. The van der Waals surface area contributed by atoms with E-state index in [1.165, 1.54) is 7.11 Å². The molecule has 2 aromatic heterocycles. The van der Waals surface area contributed by atoms with Crippen molar-refractivity contribution < 1.29 is 14.3 Å². The summed E-state index contributed by atoms with van der Waals surface area (Å²) in [4.78, 5) is 44.1. The number of ether oxygens (including phenoxy) is 1. The molecule has 4 aromatic rings. The van der Waals surface area contributed by atoms with Crippen molar-refractivity contribution in [2.45, 2.75) is 62.6 Å². The van der Waals surface area contributed by atoms with Crippen molar-refractivity contribution in [1.82, 2.24) is 35.5 Å². The van der Waals surface area contributed by atoms with Crippen molar-refractivity contribution in [2.24, 2.45) is 5.92 Å². The lowest BCUT2D eigenvalue weighted by atomic mass is 9.96. The van der Waals surface area contributed by atoms with Gasteiger partial charge in [0.15, 0.2) is 0 Å². The summed E-state index contributed by atoms with van der Waals surface area (Å²) in [5, 5.41) is 6.14. The fourth-order valence-corrected chi connectivity index (χ4v) is 6.78. The van der Waals surface area contributed by atoms with E-state index >= 15 is 0 Å². The Labute approximate surface area is 286 Å².